The molecule has 10 nitrogen and oxygen atoms in total. The average molecular weight is 655 g/mol. The molecule has 0 spiro atoms. The Labute approximate surface area is 283 Å². The normalized spacial score (nSPS) is 21.3. The largest absolute Gasteiger partial charge is 0.465 e. The molecule has 0 N–H and O–H groups in total. The minimum atomic E-state index is -1.00. The number of imide groups is 1. The number of para-hydroxylation sites is 1. The van der Waals surface area contributed by atoms with Gasteiger partial charge in [0.05, 0.1) is 42.4 Å². The summed E-state index contributed by atoms with van der Waals surface area (Å²) in [7, 11) is 0. The Morgan fingerprint density at radius 3 is 2.20 bits per heavy atom. The first-order valence-corrected chi connectivity index (χ1v) is 16.4. The molecule has 4 atom stereocenters. The van der Waals surface area contributed by atoms with E-state index in [-0.39, 0.29) is 25.9 Å². The quantitative estimate of drug-likeness (QED) is 0.151. The molecular formula is C39H34N4O6. The molecule has 10 heteroatoms. The zero-order valence-electron chi connectivity index (χ0n) is 26.8. The van der Waals surface area contributed by atoms with Gasteiger partial charge in [0, 0.05) is 23.9 Å². The Hall–Kier alpha value is -5.74. The Morgan fingerprint density at radius 1 is 0.796 bits per heavy atom. The number of carbonyl (C=O) groups is 3. The maximum atomic E-state index is 14.7. The summed E-state index contributed by atoms with van der Waals surface area (Å²) < 4.78 is 18.5. The van der Waals surface area contributed by atoms with Crippen molar-refractivity contribution in [1.29, 1.82) is 0 Å². The molecule has 49 heavy (non-hydrogen) atoms. The number of likely N-dealkylation sites (tertiary alicyclic amines) is 2. The monoisotopic (exact) mass is 654 g/mol. The zero-order valence-corrected chi connectivity index (χ0v) is 26.8. The average Bonchev–Trinajstić information content (AvgIpc) is 3.91. The van der Waals surface area contributed by atoms with Crippen molar-refractivity contribution < 1.29 is 28.6 Å². The van der Waals surface area contributed by atoms with Gasteiger partial charge in [0.2, 0.25) is 18.6 Å². The van der Waals surface area contributed by atoms with E-state index in [9.17, 15) is 14.4 Å². The topological polar surface area (TPSA) is 103 Å². The third-order valence-corrected chi connectivity index (χ3v) is 9.53. The number of ether oxygens (including phenoxy) is 3. The van der Waals surface area contributed by atoms with E-state index < -0.39 is 35.8 Å². The van der Waals surface area contributed by atoms with Gasteiger partial charge in [-0.25, -0.2) is 4.68 Å². The minimum Gasteiger partial charge on any atom is -0.465 e. The number of benzene rings is 4. The zero-order chi connectivity index (χ0) is 33.5. The molecule has 5 aromatic rings. The lowest BCUT2D eigenvalue weighted by atomic mass is 9.86. The number of hydrogen-bond donors (Lipinski definition) is 0. The van der Waals surface area contributed by atoms with Crippen LogP contribution in [0.5, 0.6) is 11.5 Å². The molecule has 246 valence electrons. The first-order valence-electron chi connectivity index (χ1n) is 16.4. The molecular weight excluding hydrogens is 620 g/mol. The van der Waals surface area contributed by atoms with E-state index in [2.05, 4.69) is 0 Å². The fraction of sp³-hybridized carbons (Fsp3) is 0.231. The van der Waals surface area contributed by atoms with Crippen LogP contribution in [0.1, 0.15) is 29.7 Å². The molecule has 3 aliphatic rings. The second-order valence-corrected chi connectivity index (χ2v) is 12.4. The van der Waals surface area contributed by atoms with Crippen molar-refractivity contribution in [2.24, 2.45) is 11.8 Å². The molecule has 8 rings (SSSR count). The molecule has 4 aromatic carbocycles. The number of nitrogens with zero attached hydrogens (tertiary/aromatic N) is 4. The first-order chi connectivity index (χ1) is 24.0. The highest BCUT2D eigenvalue weighted by Crippen LogP contribution is 2.53. The van der Waals surface area contributed by atoms with Gasteiger partial charge in [-0.1, -0.05) is 84.9 Å². The maximum Gasteiger partial charge on any atom is 0.324 e. The SMILES string of the molecule is CCOC(=O)C1[C@@H]2C(=O)N(Cc3ccc4c(c3)OCO4)C(=O)[C@@H]2[C@H](c2cn(-c3ccccc3)nc2-c2ccccc2)N1Cc1ccccc1. The van der Waals surface area contributed by atoms with Crippen LogP contribution in [0.2, 0.25) is 0 Å². The molecule has 1 aromatic heterocycles. The van der Waals surface area contributed by atoms with Gasteiger partial charge >= 0.3 is 5.97 Å². The number of hydrogen-bond acceptors (Lipinski definition) is 8. The highest BCUT2D eigenvalue weighted by Gasteiger charge is 2.65. The van der Waals surface area contributed by atoms with Crippen LogP contribution in [-0.4, -0.2) is 56.8 Å². The lowest BCUT2D eigenvalue weighted by Crippen LogP contribution is -2.46. The number of amides is 2. The Morgan fingerprint density at radius 2 is 1.47 bits per heavy atom. The van der Waals surface area contributed by atoms with Crippen molar-refractivity contribution in [3.8, 4) is 28.4 Å². The van der Waals surface area contributed by atoms with Crippen molar-refractivity contribution in [2.75, 3.05) is 13.4 Å². The molecule has 4 heterocycles. The maximum absolute atomic E-state index is 14.7. The number of rotatable bonds is 9. The van der Waals surface area contributed by atoms with E-state index in [1.165, 1.54) is 4.90 Å². The smallest absolute Gasteiger partial charge is 0.324 e. The predicted octanol–water partition coefficient (Wildman–Crippen LogP) is 5.56. The molecule has 2 fully saturated rings. The van der Waals surface area contributed by atoms with Crippen LogP contribution in [0.25, 0.3) is 16.9 Å². The summed E-state index contributed by atoms with van der Waals surface area (Å²) in [6.45, 7) is 2.35. The molecule has 3 aliphatic heterocycles. The van der Waals surface area contributed by atoms with E-state index in [4.69, 9.17) is 19.3 Å². The molecule has 1 unspecified atom stereocenters. The number of fused-ring (bicyclic) bond motifs is 2. The van der Waals surface area contributed by atoms with E-state index in [1.807, 2.05) is 108 Å². The fourth-order valence-corrected chi connectivity index (χ4v) is 7.41. The molecule has 2 saturated heterocycles. The van der Waals surface area contributed by atoms with Crippen molar-refractivity contribution >= 4 is 17.8 Å². The minimum absolute atomic E-state index is 0.0388. The summed E-state index contributed by atoms with van der Waals surface area (Å²) in [4.78, 5) is 46.5. The number of esters is 1. The number of carbonyl (C=O) groups excluding carboxylic acids is 3. The second-order valence-electron chi connectivity index (χ2n) is 12.4. The van der Waals surface area contributed by atoms with Crippen molar-refractivity contribution in [1.82, 2.24) is 19.6 Å². The molecule has 0 radical (unpaired) electrons. The summed E-state index contributed by atoms with van der Waals surface area (Å²) in [6, 6.07) is 33.0. The summed E-state index contributed by atoms with van der Waals surface area (Å²) >= 11 is 0. The van der Waals surface area contributed by atoms with Gasteiger partial charge in [-0.05, 0) is 42.3 Å². The third kappa shape index (κ3) is 5.44. The van der Waals surface area contributed by atoms with Gasteiger partial charge in [-0.3, -0.25) is 24.2 Å². The van der Waals surface area contributed by atoms with Gasteiger partial charge in [0.25, 0.3) is 0 Å². The van der Waals surface area contributed by atoms with E-state index in [0.717, 1.165) is 27.9 Å². The van der Waals surface area contributed by atoms with Gasteiger partial charge < -0.3 is 14.2 Å². The van der Waals surface area contributed by atoms with Gasteiger partial charge in [-0.2, -0.15) is 5.10 Å². The fourth-order valence-electron chi connectivity index (χ4n) is 7.41. The van der Waals surface area contributed by atoms with Crippen LogP contribution in [0.3, 0.4) is 0 Å². The standard InChI is InChI=1S/C39H34N4O6/c1-2-47-39(46)36-33-32(37(44)42(38(33)45)22-26-18-19-30-31(20-26)49-24-48-30)35(41(36)21-25-12-6-3-7-13-25)29-23-43(28-16-10-5-11-17-28)40-34(29)27-14-8-4-9-15-27/h3-20,23,32-33,35-36H,2,21-22,24H2,1H3/t32-,33+,35-,36?/m0/s1. The summed E-state index contributed by atoms with van der Waals surface area (Å²) in [5, 5.41) is 5.06. The van der Waals surface area contributed by atoms with Crippen LogP contribution in [0, 0.1) is 11.8 Å². The lowest BCUT2D eigenvalue weighted by molar-refractivity contribution is -0.154. The van der Waals surface area contributed by atoms with E-state index in [0.29, 0.717) is 23.7 Å². The summed E-state index contributed by atoms with van der Waals surface area (Å²) in [6.07, 6.45) is 1.93. The Kier molecular flexibility index (Phi) is 7.93. The molecule has 0 aliphatic carbocycles. The van der Waals surface area contributed by atoms with Gasteiger partial charge in [0.1, 0.15) is 6.04 Å². The van der Waals surface area contributed by atoms with Gasteiger partial charge in [-0.15, -0.1) is 0 Å². The molecule has 0 bridgehead atoms. The van der Waals surface area contributed by atoms with Crippen molar-refractivity contribution in [2.45, 2.75) is 32.1 Å². The Bertz CT molecular complexity index is 2020. The predicted molar refractivity (Wildman–Crippen MR) is 179 cm³/mol. The van der Waals surface area contributed by atoms with Crippen LogP contribution >= 0.6 is 0 Å². The van der Waals surface area contributed by atoms with Crippen molar-refractivity contribution in [3.05, 3.63) is 132 Å². The highest BCUT2D eigenvalue weighted by molar-refractivity contribution is 6.08. The summed E-state index contributed by atoms with van der Waals surface area (Å²) in [5.41, 5.74) is 4.78. The van der Waals surface area contributed by atoms with Crippen LogP contribution in [0.15, 0.2) is 115 Å². The molecule has 2 amide bonds. The second kappa shape index (κ2) is 12.7. The van der Waals surface area contributed by atoms with Crippen LogP contribution < -0.4 is 9.47 Å². The first kappa shape index (κ1) is 30.6. The van der Waals surface area contributed by atoms with Crippen LogP contribution in [-0.2, 0) is 32.2 Å². The molecule has 0 saturated carbocycles. The third-order valence-electron chi connectivity index (χ3n) is 9.53. The van der Waals surface area contributed by atoms with E-state index in [1.54, 1.807) is 23.7 Å². The number of aromatic nitrogens is 2. The van der Waals surface area contributed by atoms with Crippen LogP contribution in [0.4, 0.5) is 0 Å². The highest BCUT2D eigenvalue weighted by atomic mass is 16.7. The van der Waals surface area contributed by atoms with Gasteiger partial charge in [0.15, 0.2) is 11.5 Å². The van der Waals surface area contributed by atoms with Crippen molar-refractivity contribution in [3.63, 3.8) is 0 Å². The lowest BCUT2D eigenvalue weighted by Gasteiger charge is -2.32. The van der Waals surface area contributed by atoms with E-state index >= 15 is 0 Å². The Balaban J connectivity index is 1.28. The summed E-state index contributed by atoms with van der Waals surface area (Å²) in [5.74, 6) is -1.92.